The summed E-state index contributed by atoms with van der Waals surface area (Å²) in [6, 6.07) is 17.0. The minimum atomic E-state index is -0.163. The zero-order valence-electron chi connectivity index (χ0n) is 13.5. The summed E-state index contributed by atoms with van der Waals surface area (Å²) in [5.74, 6) is 0. The largest absolute Gasteiger partial charge is 0.257 e. The number of rotatable bonds is 1. The van der Waals surface area contributed by atoms with Crippen LogP contribution in [0.5, 0.6) is 0 Å². The zero-order valence-corrected chi connectivity index (χ0v) is 13.5. The van der Waals surface area contributed by atoms with E-state index in [0.717, 1.165) is 11.4 Å². The number of nitrogens with zero attached hydrogens (tertiary/aromatic N) is 2. The predicted octanol–water partition coefficient (Wildman–Crippen LogP) is 5.11. The summed E-state index contributed by atoms with van der Waals surface area (Å²) < 4.78 is 0. The standard InChI is InChI=1S/C20H20N2/c1-13-19(3,15-9-5-7-11-17(15)21-13)20(4)14(2)22-18-12-8-6-10-16(18)20/h5-12H,1-4H3. The molecule has 2 aliphatic heterocycles. The van der Waals surface area contributed by atoms with Gasteiger partial charge in [-0.05, 0) is 51.0 Å². The molecule has 0 aromatic heterocycles. The molecule has 4 rings (SSSR count). The van der Waals surface area contributed by atoms with E-state index in [1.807, 2.05) is 0 Å². The van der Waals surface area contributed by atoms with Crippen LogP contribution < -0.4 is 0 Å². The van der Waals surface area contributed by atoms with Gasteiger partial charge in [0.25, 0.3) is 0 Å². The highest BCUT2D eigenvalue weighted by atomic mass is 14.9. The van der Waals surface area contributed by atoms with Crippen LogP contribution in [0, 0.1) is 0 Å². The van der Waals surface area contributed by atoms with Gasteiger partial charge in [0.2, 0.25) is 0 Å². The van der Waals surface area contributed by atoms with E-state index in [2.05, 4.69) is 76.2 Å². The van der Waals surface area contributed by atoms with E-state index in [9.17, 15) is 0 Å². The lowest BCUT2D eigenvalue weighted by Gasteiger charge is -2.43. The average Bonchev–Trinajstić information content (AvgIpc) is 2.94. The van der Waals surface area contributed by atoms with E-state index >= 15 is 0 Å². The molecule has 2 unspecified atom stereocenters. The molecule has 0 saturated heterocycles. The molecule has 0 radical (unpaired) electrons. The second kappa shape index (κ2) is 4.16. The summed E-state index contributed by atoms with van der Waals surface area (Å²) in [5.41, 5.74) is 6.82. The Bertz CT molecular complexity index is 775. The quantitative estimate of drug-likeness (QED) is 0.696. The number of benzene rings is 2. The number of para-hydroxylation sites is 2. The second-order valence-electron chi connectivity index (χ2n) is 6.68. The third-order valence-corrected chi connectivity index (χ3v) is 5.91. The summed E-state index contributed by atoms with van der Waals surface area (Å²) in [5, 5.41) is 0. The summed E-state index contributed by atoms with van der Waals surface area (Å²) in [6.45, 7) is 8.94. The van der Waals surface area contributed by atoms with E-state index in [1.165, 1.54) is 22.6 Å². The van der Waals surface area contributed by atoms with Crippen LogP contribution in [-0.2, 0) is 10.8 Å². The summed E-state index contributed by atoms with van der Waals surface area (Å²) >= 11 is 0. The summed E-state index contributed by atoms with van der Waals surface area (Å²) in [4.78, 5) is 9.73. The van der Waals surface area contributed by atoms with Crippen molar-refractivity contribution in [3.8, 4) is 0 Å². The fourth-order valence-electron chi connectivity index (χ4n) is 4.22. The lowest BCUT2D eigenvalue weighted by Crippen LogP contribution is -2.51. The second-order valence-corrected chi connectivity index (χ2v) is 6.68. The van der Waals surface area contributed by atoms with Crippen LogP contribution in [-0.4, -0.2) is 11.4 Å². The van der Waals surface area contributed by atoms with Gasteiger partial charge in [-0.15, -0.1) is 0 Å². The Morgan fingerprint density at radius 1 is 0.636 bits per heavy atom. The molecule has 2 nitrogen and oxygen atoms in total. The highest BCUT2D eigenvalue weighted by Crippen LogP contribution is 2.56. The monoisotopic (exact) mass is 288 g/mol. The molecule has 0 spiro atoms. The predicted molar refractivity (Wildman–Crippen MR) is 93.1 cm³/mol. The summed E-state index contributed by atoms with van der Waals surface area (Å²) in [6.07, 6.45) is 0. The normalized spacial score (nSPS) is 28.9. The van der Waals surface area contributed by atoms with Gasteiger partial charge in [-0.3, -0.25) is 9.98 Å². The van der Waals surface area contributed by atoms with Gasteiger partial charge < -0.3 is 0 Å². The Morgan fingerprint density at radius 3 is 1.41 bits per heavy atom. The van der Waals surface area contributed by atoms with Crippen molar-refractivity contribution in [2.24, 2.45) is 9.98 Å². The Labute approximate surface area is 131 Å². The minimum absolute atomic E-state index is 0.163. The van der Waals surface area contributed by atoms with Crippen LogP contribution in [0.3, 0.4) is 0 Å². The van der Waals surface area contributed by atoms with Crippen molar-refractivity contribution >= 4 is 22.8 Å². The first-order chi connectivity index (χ1) is 10.5. The number of aliphatic imine (C=N–C) groups is 2. The third-order valence-electron chi connectivity index (χ3n) is 5.91. The lowest BCUT2D eigenvalue weighted by atomic mass is 9.56. The van der Waals surface area contributed by atoms with Crippen molar-refractivity contribution < 1.29 is 0 Å². The van der Waals surface area contributed by atoms with Crippen molar-refractivity contribution in [2.45, 2.75) is 38.5 Å². The van der Waals surface area contributed by atoms with Crippen LogP contribution in [0.25, 0.3) is 0 Å². The van der Waals surface area contributed by atoms with E-state index < -0.39 is 0 Å². The molecular formula is C20H20N2. The van der Waals surface area contributed by atoms with Crippen molar-refractivity contribution in [3.05, 3.63) is 59.7 Å². The van der Waals surface area contributed by atoms with E-state index in [0.29, 0.717) is 0 Å². The molecule has 0 bridgehead atoms. The van der Waals surface area contributed by atoms with Gasteiger partial charge >= 0.3 is 0 Å². The van der Waals surface area contributed by atoms with Crippen molar-refractivity contribution in [1.82, 2.24) is 0 Å². The molecule has 22 heavy (non-hydrogen) atoms. The van der Waals surface area contributed by atoms with Gasteiger partial charge in [0.05, 0.1) is 11.4 Å². The molecule has 2 heterocycles. The highest BCUT2D eigenvalue weighted by molar-refractivity contribution is 6.11. The van der Waals surface area contributed by atoms with E-state index in [1.54, 1.807) is 0 Å². The lowest BCUT2D eigenvalue weighted by molar-refractivity contribution is 0.455. The van der Waals surface area contributed by atoms with Gasteiger partial charge in [0.1, 0.15) is 0 Å². The van der Waals surface area contributed by atoms with Gasteiger partial charge in [-0.2, -0.15) is 0 Å². The molecule has 0 saturated carbocycles. The smallest absolute Gasteiger partial charge is 0.0671 e. The molecule has 0 amide bonds. The molecule has 2 atom stereocenters. The summed E-state index contributed by atoms with van der Waals surface area (Å²) in [7, 11) is 0. The third kappa shape index (κ3) is 1.36. The fraction of sp³-hybridized carbons (Fsp3) is 0.300. The van der Waals surface area contributed by atoms with Crippen molar-refractivity contribution in [1.29, 1.82) is 0 Å². The van der Waals surface area contributed by atoms with Crippen molar-refractivity contribution in [2.75, 3.05) is 0 Å². The van der Waals surface area contributed by atoms with Crippen LogP contribution in [0.2, 0.25) is 0 Å². The topological polar surface area (TPSA) is 24.7 Å². The van der Waals surface area contributed by atoms with Gasteiger partial charge in [-0.25, -0.2) is 0 Å². The minimum Gasteiger partial charge on any atom is -0.257 e. The maximum absolute atomic E-state index is 4.86. The molecule has 2 aliphatic rings. The Hall–Kier alpha value is -2.22. The zero-order chi connectivity index (χ0) is 15.5. The van der Waals surface area contributed by atoms with Gasteiger partial charge in [0, 0.05) is 22.3 Å². The van der Waals surface area contributed by atoms with Crippen LogP contribution in [0.4, 0.5) is 11.4 Å². The maximum atomic E-state index is 4.86. The van der Waals surface area contributed by atoms with E-state index in [4.69, 9.17) is 9.98 Å². The maximum Gasteiger partial charge on any atom is 0.0671 e. The molecule has 0 aliphatic carbocycles. The molecule has 0 fully saturated rings. The van der Waals surface area contributed by atoms with Crippen LogP contribution in [0.1, 0.15) is 38.8 Å². The van der Waals surface area contributed by atoms with Crippen LogP contribution >= 0.6 is 0 Å². The van der Waals surface area contributed by atoms with Crippen molar-refractivity contribution in [3.63, 3.8) is 0 Å². The van der Waals surface area contributed by atoms with E-state index in [-0.39, 0.29) is 10.8 Å². The number of fused-ring (bicyclic) bond motifs is 2. The van der Waals surface area contributed by atoms with Crippen LogP contribution in [0.15, 0.2) is 58.5 Å². The number of hydrogen-bond acceptors (Lipinski definition) is 2. The SMILES string of the molecule is CC1=Nc2ccccc2C1(C)C1(C)C(C)=Nc2ccccc21. The first-order valence-corrected chi connectivity index (χ1v) is 7.80. The molecule has 110 valence electrons. The fourth-order valence-corrected chi connectivity index (χ4v) is 4.22. The Kier molecular flexibility index (Phi) is 2.54. The Morgan fingerprint density at radius 2 is 1.00 bits per heavy atom. The molecule has 2 aromatic carbocycles. The molecule has 2 aromatic rings. The molecule has 2 heteroatoms. The van der Waals surface area contributed by atoms with Gasteiger partial charge in [0.15, 0.2) is 0 Å². The Balaban J connectivity index is 2.03. The average molecular weight is 288 g/mol. The highest BCUT2D eigenvalue weighted by Gasteiger charge is 2.56. The molecule has 0 N–H and O–H groups in total. The first-order valence-electron chi connectivity index (χ1n) is 7.80. The molecular weight excluding hydrogens is 268 g/mol. The first kappa shape index (κ1) is 13.4. The van der Waals surface area contributed by atoms with Gasteiger partial charge in [-0.1, -0.05) is 36.4 Å². The number of hydrogen-bond donors (Lipinski definition) is 0.